The van der Waals surface area contributed by atoms with Gasteiger partial charge in [-0.2, -0.15) is 0 Å². The van der Waals surface area contributed by atoms with Crippen molar-refractivity contribution in [2.45, 2.75) is 85.2 Å². The summed E-state index contributed by atoms with van der Waals surface area (Å²) in [5.41, 5.74) is 4.05. The number of carbonyl (C=O) groups is 1. The first kappa shape index (κ1) is 28.6. The number of hydrogen-bond acceptors (Lipinski definition) is 4. The minimum absolute atomic E-state index is 0.123. The molecule has 1 fully saturated rings. The quantitative estimate of drug-likeness (QED) is 0.199. The molecule has 0 aliphatic heterocycles. The van der Waals surface area contributed by atoms with Gasteiger partial charge >= 0.3 is 0 Å². The maximum atomic E-state index is 12.6. The second-order valence-electron chi connectivity index (χ2n) is 10.9. The number of nitrogens with zero attached hydrogens (tertiary/aromatic N) is 2. The summed E-state index contributed by atoms with van der Waals surface area (Å²) in [6, 6.07) is 14.8. The fourth-order valence-corrected chi connectivity index (χ4v) is 4.94. The van der Waals surface area contributed by atoms with Crippen LogP contribution >= 0.6 is 0 Å². The van der Waals surface area contributed by atoms with E-state index in [1.165, 1.54) is 67.5 Å². The van der Waals surface area contributed by atoms with Crippen LogP contribution in [0.1, 0.15) is 93.9 Å². The molecule has 1 aromatic carbocycles. The summed E-state index contributed by atoms with van der Waals surface area (Å²) in [7, 11) is 0. The second kappa shape index (κ2) is 13.6. The van der Waals surface area contributed by atoms with Gasteiger partial charge in [0.05, 0.1) is 0 Å². The molecule has 0 radical (unpaired) electrons. The number of H-pyrrole nitrogens is 1. The molecule has 3 aromatic heterocycles. The zero-order chi connectivity index (χ0) is 27.7. The number of hydrogen-bond donors (Lipinski definition) is 3. The van der Waals surface area contributed by atoms with E-state index in [-0.39, 0.29) is 17.2 Å². The van der Waals surface area contributed by atoms with Crippen LogP contribution in [-0.4, -0.2) is 26.8 Å². The summed E-state index contributed by atoms with van der Waals surface area (Å²) in [4.78, 5) is 32.7. The molecule has 0 saturated heterocycles. The number of rotatable bonds is 12. The van der Waals surface area contributed by atoms with E-state index < -0.39 is 0 Å². The first-order valence-electron chi connectivity index (χ1n) is 14.5. The van der Waals surface area contributed by atoms with E-state index in [4.69, 9.17) is 0 Å². The Morgan fingerprint density at radius 3 is 2.51 bits per heavy atom. The van der Waals surface area contributed by atoms with Crippen LogP contribution in [0.15, 0.2) is 59.5 Å². The van der Waals surface area contributed by atoms with Gasteiger partial charge in [-0.1, -0.05) is 71.1 Å². The Bertz CT molecular complexity index is 1430. The number of aromatic nitrogens is 3. The molecule has 4 aromatic rings. The molecule has 7 heteroatoms. The average Bonchev–Trinajstić information content (AvgIpc) is 3.60. The zero-order valence-corrected chi connectivity index (χ0v) is 23.7. The van der Waals surface area contributed by atoms with Crippen molar-refractivity contribution in [2.24, 2.45) is 5.41 Å². The molecule has 0 atom stereocenters. The minimum Gasteiger partial charge on any atom is -0.357 e. The molecule has 208 valence electrons. The van der Waals surface area contributed by atoms with Gasteiger partial charge < -0.3 is 15.6 Å². The molecule has 0 unspecified atom stereocenters. The lowest BCUT2D eigenvalue weighted by Crippen LogP contribution is -2.26. The first-order valence-corrected chi connectivity index (χ1v) is 14.5. The van der Waals surface area contributed by atoms with Crippen molar-refractivity contribution < 1.29 is 4.79 Å². The van der Waals surface area contributed by atoms with Crippen LogP contribution in [0.4, 0.5) is 0 Å². The maximum Gasteiger partial charge on any atom is 0.270 e. The smallest absolute Gasteiger partial charge is 0.270 e. The van der Waals surface area contributed by atoms with Gasteiger partial charge in [0.25, 0.3) is 11.5 Å². The average molecular weight is 530 g/mol. The number of nitrogens with one attached hydrogen (secondary N) is 3. The van der Waals surface area contributed by atoms with Crippen molar-refractivity contribution in [3.63, 3.8) is 0 Å². The maximum absolute atomic E-state index is 12.6. The number of benzene rings is 1. The van der Waals surface area contributed by atoms with Gasteiger partial charge in [0.2, 0.25) is 0 Å². The van der Waals surface area contributed by atoms with Crippen LogP contribution in [-0.2, 0) is 13.1 Å². The van der Waals surface area contributed by atoms with Crippen molar-refractivity contribution in [1.29, 1.82) is 0 Å². The Hall–Kier alpha value is -3.45. The predicted octanol–water partition coefficient (Wildman–Crippen LogP) is 6.36. The molecule has 1 amide bonds. The largest absolute Gasteiger partial charge is 0.357 e. The van der Waals surface area contributed by atoms with Crippen molar-refractivity contribution in [2.75, 3.05) is 6.54 Å². The fraction of sp³-hybridized carbons (Fsp3) is 0.469. The Kier molecular flexibility index (Phi) is 9.93. The van der Waals surface area contributed by atoms with Crippen molar-refractivity contribution in [3.05, 3.63) is 82.0 Å². The third-order valence-electron chi connectivity index (χ3n) is 7.54. The topological polar surface area (TPSA) is 91.3 Å². The van der Waals surface area contributed by atoms with E-state index in [0.29, 0.717) is 17.6 Å². The third-order valence-corrected chi connectivity index (χ3v) is 7.54. The Labute approximate surface area is 231 Å². The van der Waals surface area contributed by atoms with E-state index in [0.717, 1.165) is 29.6 Å². The van der Waals surface area contributed by atoms with Gasteiger partial charge in [0.15, 0.2) is 0 Å². The summed E-state index contributed by atoms with van der Waals surface area (Å²) in [6.45, 7) is 8.96. The molecule has 3 heterocycles. The molecule has 1 aliphatic carbocycles. The standard InChI is InChI=1S/C27H31N5O2.C5H12/c1-2-3-9-27(10-11-27)18-28-17-21-14-20-8-7-19(13-22(20)30-21)16-29-26(34)23-15-25(33)32-12-5-4-6-24(32)31-23;1-3-5-4-2/h4-8,12-15,28,30H,2-3,9-11,16-18H2,1H3,(H,29,34);3-5H2,1-2H3. The van der Waals surface area contributed by atoms with Crippen LogP contribution in [0, 0.1) is 5.41 Å². The molecule has 7 nitrogen and oxygen atoms in total. The van der Waals surface area contributed by atoms with E-state index in [2.05, 4.69) is 59.6 Å². The van der Waals surface area contributed by atoms with Gasteiger partial charge in [-0.25, -0.2) is 4.98 Å². The van der Waals surface area contributed by atoms with E-state index in [1.807, 2.05) is 6.07 Å². The lowest BCUT2D eigenvalue weighted by molar-refractivity contribution is 0.0946. The van der Waals surface area contributed by atoms with Gasteiger partial charge in [0, 0.05) is 43.1 Å². The predicted molar refractivity (Wildman–Crippen MR) is 159 cm³/mol. The van der Waals surface area contributed by atoms with Crippen LogP contribution in [0.3, 0.4) is 0 Å². The van der Waals surface area contributed by atoms with Crippen molar-refractivity contribution in [1.82, 2.24) is 25.0 Å². The number of pyridine rings is 1. The Morgan fingerprint density at radius 1 is 1.00 bits per heavy atom. The third kappa shape index (κ3) is 7.79. The Morgan fingerprint density at radius 2 is 1.79 bits per heavy atom. The fourth-order valence-electron chi connectivity index (χ4n) is 4.94. The first-order chi connectivity index (χ1) is 19.0. The van der Waals surface area contributed by atoms with Crippen LogP contribution in [0.2, 0.25) is 0 Å². The highest BCUT2D eigenvalue weighted by Gasteiger charge is 2.40. The molecule has 1 aliphatic rings. The molecular formula is C32H43N5O2. The molecule has 3 N–H and O–H groups in total. The zero-order valence-electron chi connectivity index (χ0n) is 23.7. The number of unbranched alkanes of at least 4 members (excludes halogenated alkanes) is 3. The van der Waals surface area contributed by atoms with Gasteiger partial charge in [-0.15, -0.1) is 0 Å². The normalized spacial score (nSPS) is 13.7. The minimum atomic E-state index is -0.364. The van der Waals surface area contributed by atoms with Crippen LogP contribution in [0.5, 0.6) is 0 Å². The van der Waals surface area contributed by atoms with E-state index >= 15 is 0 Å². The summed E-state index contributed by atoms with van der Waals surface area (Å²) in [6.07, 6.45) is 12.3. The summed E-state index contributed by atoms with van der Waals surface area (Å²) >= 11 is 0. The summed E-state index contributed by atoms with van der Waals surface area (Å²) in [5, 5.41) is 7.68. The Balaban J connectivity index is 0.000000648. The van der Waals surface area contributed by atoms with Crippen molar-refractivity contribution >= 4 is 22.5 Å². The lowest BCUT2D eigenvalue weighted by Gasteiger charge is -2.15. The molecule has 5 rings (SSSR count). The van der Waals surface area contributed by atoms with Gasteiger partial charge in [-0.3, -0.25) is 14.0 Å². The number of aromatic amines is 1. The van der Waals surface area contributed by atoms with E-state index in [9.17, 15) is 9.59 Å². The lowest BCUT2D eigenvalue weighted by atomic mass is 9.99. The number of carbonyl (C=O) groups excluding carboxylic acids is 1. The molecule has 0 spiro atoms. The molecular weight excluding hydrogens is 486 g/mol. The second-order valence-corrected chi connectivity index (χ2v) is 10.9. The monoisotopic (exact) mass is 529 g/mol. The van der Waals surface area contributed by atoms with Crippen LogP contribution in [0.25, 0.3) is 16.6 Å². The SMILES string of the molecule is CCCCC.CCCCC1(CNCc2cc3ccc(CNC(=O)c4cc(=O)n5ccccc5n4)cc3[nH]2)CC1. The summed E-state index contributed by atoms with van der Waals surface area (Å²) in [5.74, 6) is -0.364. The van der Waals surface area contributed by atoms with Crippen molar-refractivity contribution in [3.8, 4) is 0 Å². The van der Waals surface area contributed by atoms with Crippen LogP contribution < -0.4 is 16.2 Å². The van der Waals surface area contributed by atoms with Gasteiger partial charge in [-0.05, 0) is 59.9 Å². The highest BCUT2D eigenvalue weighted by Crippen LogP contribution is 2.49. The highest BCUT2D eigenvalue weighted by atomic mass is 16.2. The molecule has 1 saturated carbocycles. The summed E-state index contributed by atoms with van der Waals surface area (Å²) < 4.78 is 1.41. The molecule has 39 heavy (non-hydrogen) atoms. The number of amides is 1. The highest BCUT2D eigenvalue weighted by molar-refractivity contribution is 5.92. The molecule has 0 bridgehead atoms. The van der Waals surface area contributed by atoms with Gasteiger partial charge in [0.1, 0.15) is 11.3 Å². The van der Waals surface area contributed by atoms with E-state index in [1.54, 1.807) is 24.4 Å². The number of fused-ring (bicyclic) bond motifs is 2.